The van der Waals surface area contributed by atoms with Crippen molar-refractivity contribution in [2.75, 3.05) is 5.32 Å². The minimum Gasteiger partial charge on any atom is -0.323 e. The van der Waals surface area contributed by atoms with Crippen LogP contribution in [0.15, 0.2) is 42.5 Å². The number of amides is 1. The smallest absolute Gasteiger partial charge is 0.235 e. The van der Waals surface area contributed by atoms with Crippen LogP contribution < -0.4 is 5.32 Å². The third-order valence-electron chi connectivity index (χ3n) is 4.21. The molecule has 0 atom stereocenters. The summed E-state index contributed by atoms with van der Waals surface area (Å²) in [5, 5.41) is 2.46. The quantitative estimate of drug-likeness (QED) is 0.906. The van der Waals surface area contributed by atoms with Gasteiger partial charge in [-0.1, -0.05) is 24.6 Å². The van der Waals surface area contributed by atoms with E-state index in [9.17, 15) is 18.0 Å². The van der Waals surface area contributed by atoms with E-state index in [2.05, 4.69) is 5.32 Å². The summed E-state index contributed by atoms with van der Waals surface area (Å²) in [5.74, 6) is -2.48. The normalized spacial score (nSPS) is 16.0. The van der Waals surface area contributed by atoms with Crippen molar-refractivity contribution in [2.24, 2.45) is 0 Å². The molecule has 0 bridgehead atoms. The Morgan fingerprint density at radius 1 is 1.00 bits per heavy atom. The number of hydrogen-bond donors (Lipinski definition) is 1. The summed E-state index contributed by atoms with van der Waals surface area (Å²) in [6, 6.07) is 9.04. The molecule has 0 aromatic heterocycles. The zero-order chi connectivity index (χ0) is 15.7. The first-order valence-corrected chi connectivity index (χ1v) is 7.04. The molecule has 1 aliphatic rings. The molecule has 0 radical (unpaired) electrons. The molecule has 1 saturated carbocycles. The van der Waals surface area contributed by atoms with Gasteiger partial charge in [0, 0.05) is 11.6 Å². The lowest BCUT2D eigenvalue weighted by atomic mass is 9.63. The molecule has 0 saturated heterocycles. The molecule has 1 amide bonds. The van der Waals surface area contributed by atoms with Crippen molar-refractivity contribution in [3.63, 3.8) is 0 Å². The lowest BCUT2D eigenvalue weighted by Crippen LogP contribution is -2.46. The molecule has 0 spiro atoms. The van der Waals surface area contributed by atoms with Crippen molar-refractivity contribution in [2.45, 2.75) is 24.7 Å². The molecule has 3 rings (SSSR count). The molecule has 0 heterocycles. The second-order valence-corrected chi connectivity index (χ2v) is 5.49. The Morgan fingerprint density at radius 2 is 1.73 bits per heavy atom. The van der Waals surface area contributed by atoms with Crippen LogP contribution >= 0.6 is 0 Å². The summed E-state index contributed by atoms with van der Waals surface area (Å²) in [5.41, 5.74) is -0.762. The zero-order valence-electron chi connectivity index (χ0n) is 11.7. The Morgan fingerprint density at radius 3 is 2.32 bits per heavy atom. The molecule has 0 aliphatic heterocycles. The average molecular weight is 305 g/mol. The van der Waals surface area contributed by atoms with Gasteiger partial charge in [0.25, 0.3) is 0 Å². The van der Waals surface area contributed by atoms with Gasteiger partial charge < -0.3 is 5.32 Å². The summed E-state index contributed by atoms with van der Waals surface area (Å²) >= 11 is 0. The first-order valence-electron chi connectivity index (χ1n) is 7.04. The van der Waals surface area contributed by atoms with E-state index in [0.29, 0.717) is 24.5 Å². The number of halogens is 3. The average Bonchev–Trinajstić information content (AvgIpc) is 2.43. The second-order valence-electron chi connectivity index (χ2n) is 5.49. The molecule has 1 aliphatic carbocycles. The van der Waals surface area contributed by atoms with Crippen molar-refractivity contribution in [1.82, 2.24) is 0 Å². The van der Waals surface area contributed by atoms with Gasteiger partial charge in [-0.3, -0.25) is 4.79 Å². The Hall–Kier alpha value is -2.30. The fourth-order valence-corrected chi connectivity index (χ4v) is 2.83. The van der Waals surface area contributed by atoms with Crippen molar-refractivity contribution < 1.29 is 18.0 Å². The highest BCUT2D eigenvalue weighted by Gasteiger charge is 2.47. The minimum absolute atomic E-state index is 0.103. The number of carbonyl (C=O) groups excluding carboxylic acids is 1. The monoisotopic (exact) mass is 305 g/mol. The molecular formula is C17H14F3NO. The van der Waals surface area contributed by atoms with Gasteiger partial charge in [0.2, 0.25) is 5.91 Å². The molecule has 2 aromatic rings. The van der Waals surface area contributed by atoms with Crippen molar-refractivity contribution >= 4 is 11.6 Å². The van der Waals surface area contributed by atoms with Gasteiger partial charge in [-0.15, -0.1) is 0 Å². The van der Waals surface area contributed by atoms with E-state index >= 15 is 0 Å². The van der Waals surface area contributed by atoms with Gasteiger partial charge in [0.1, 0.15) is 17.5 Å². The van der Waals surface area contributed by atoms with Crippen LogP contribution in [0.4, 0.5) is 18.9 Å². The Bertz CT molecular complexity index is 726. The third kappa shape index (κ3) is 2.36. The topological polar surface area (TPSA) is 29.1 Å². The van der Waals surface area contributed by atoms with Crippen molar-refractivity contribution in [3.05, 3.63) is 65.5 Å². The Kier molecular flexibility index (Phi) is 3.64. The van der Waals surface area contributed by atoms with Crippen LogP contribution in [0.25, 0.3) is 0 Å². The summed E-state index contributed by atoms with van der Waals surface area (Å²) in [6.07, 6.45) is 1.80. The molecule has 2 aromatic carbocycles. The van der Waals surface area contributed by atoms with Gasteiger partial charge >= 0.3 is 0 Å². The van der Waals surface area contributed by atoms with Crippen LogP contribution in [0.2, 0.25) is 0 Å². The summed E-state index contributed by atoms with van der Waals surface area (Å²) in [7, 11) is 0. The maximum absolute atomic E-state index is 14.0. The summed E-state index contributed by atoms with van der Waals surface area (Å²) in [4.78, 5) is 12.6. The van der Waals surface area contributed by atoms with E-state index in [1.54, 1.807) is 18.2 Å². The van der Waals surface area contributed by atoms with Gasteiger partial charge in [-0.05, 0) is 31.0 Å². The van der Waals surface area contributed by atoms with Crippen LogP contribution in [0.1, 0.15) is 24.8 Å². The highest BCUT2D eigenvalue weighted by atomic mass is 19.1. The zero-order valence-corrected chi connectivity index (χ0v) is 11.7. The van der Waals surface area contributed by atoms with Gasteiger partial charge in [-0.2, -0.15) is 0 Å². The number of hydrogen-bond acceptors (Lipinski definition) is 1. The van der Waals surface area contributed by atoms with E-state index in [1.165, 1.54) is 6.07 Å². The number of nitrogens with one attached hydrogen (secondary N) is 1. The van der Waals surface area contributed by atoms with Gasteiger partial charge in [0.05, 0.1) is 11.1 Å². The molecule has 5 heteroatoms. The second kappa shape index (κ2) is 5.48. The predicted octanol–water partition coefficient (Wildman–Crippen LogP) is 4.16. The number of carbonyl (C=O) groups is 1. The fourth-order valence-electron chi connectivity index (χ4n) is 2.83. The molecule has 114 valence electrons. The first kappa shape index (κ1) is 14.6. The SMILES string of the molecule is O=C(Nc1ccc(F)cc1F)C1(c2ccccc2F)CCC1. The predicted molar refractivity (Wildman–Crippen MR) is 76.9 cm³/mol. The molecule has 1 fully saturated rings. The molecule has 2 nitrogen and oxygen atoms in total. The maximum Gasteiger partial charge on any atom is 0.235 e. The summed E-state index contributed by atoms with van der Waals surface area (Å²) < 4.78 is 40.6. The standard InChI is InChI=1S/C17H14F3NO/c18-11-6-7-15(14(20)10-11)21-16(22)17(8-3-9-17)12-4-1-2-5-13(12)19/h1-2,4-7,10H,3,8-9H2,(H,21,22). The van der Waals surface area contributed by atoms with E-state index < -0.39 is 28.8 Å². The van der Waals surface area contributed by atoms with Crippen LogP contribution in [0, 0.1) is 17.5 Å². The van der Waals surface area contributed by atoms with Crippen LogP contribution in [-0.2, 0) is 10.2 Å². The van der Waals surface area contributed by atoms with E-state index in [0.717, 1.165) is 18.6 Å². The van der Waals surface area contributed by atoms with Gasteiger partial charge in [0.15, 0.2) is 0 Å². The van der Waals surface area contributed by atoms with Crippen molar-refractivity contribution in [1.29, 1.82) is 0 Å². The molecular weight excluding hydrogens is 291 g/mol. The highest BCUT2D eigenvalue weighted by molar-refractivity contribution is 6.00. The molecule has 22 heavy (non-hydrogen) atoms. The van der Waals surface area contributed by atoms with Crippen LogP contribution in [0.5, 0.6) is 0 Å². The number of rotatable bonds is 3. The molecule has 0 unspecified atom stereocenters. The largest absolute Gasteiger partial charge is 0.323 e. The van der Waals surface area contributed by atoms with E-state index in [-0.39, 0.29) is 5.69 Å². The van der Waals surface area contributed by atoms with E-state index in [1.807, 2.05) is 0 Å². The first-order chi connectivity index (χ1) is 10.5. The highest BCUT2D eigenvalue weighted by Crippen LogP contribution is 2.45. The van der Waals surface area contributed by atoms with E-state index in [4.69, 9.17) is 0 Å². The summed E-state index contributed by atoms with van der Waals surface area (Å²) in [6.45, 7) is 0. The third-order valence-corrected chi connectivity index (χ3v) is 4.21. The lowest BCUT2D eigenvalue weighted by Gasteiger charge is -2.40. The van der Waals surface area contributed by atoms with Crippen molar-refractivity contribution in [3.8, 4) is 0 Å². The fraction of sp³-hybridized carbons (Fsp3) is 0.235. The number of anilines is 1. The van der Waals surface area contributed by atoms with Crippen LogP contribution in [-0.4, -0.2) is 5.91 Å². The minimum atomic E-state index is -0.980. The lowest BCUT2D eigenvalue weighted by molar-refractivity contribution is -0.124. The van der Waals surface area contributed by atoms with Gasteiger partial charge in [-0.25, -0.2) is 13.2 Å². The van der Waals surface area contributed by atoms with Crippen LogP contribution in [0.3, 0.4) is 0 Å². The number of benzene rings is 2. The molecule has 1 N–H and O–H groups in total. The Balaban J connectivity index is 1.91. The maximum atomic E-state index is 14.0. The Labute approximate surface area is 126 Å².